The second kappa shape index (κ2) is 5.44. The standard InChI is InChI=1S/C16H10BrN3O/c1-10-14(9-20)15(11(7-18)8-19)21-16(10,2)12-4-3-5-13(17)6-12/h3-6H,1-2H3. The molecule has 0 aliphatic carbocycles. The minimum Gasteiger partial charge on any atom is -0.475 e. The highest BCUT2D eigenvalue weighted by Gasteiger charge is 2.42. The first-order valence-corrected chi connectivity index (χ1v) is 6.88. The SMILES string of the molecule is CC1=C(C#N)C(=C(C#N)C#N)OC1(C)c1cccc(Br)c1. The van der Waals surface area contributed by atoms with Gasteiger partial charge in [0.25, 0.3) is 0 Å². The lowest BCUT2D eigenvalue weighted by atomic mass is 9.88. The van der Waals surface area contributed by atoms with Crippen LogP contribution >= 0.6 is 15.9 Å². The molecule has 1 unspecified atom stereocenters. The van der Waals surface area contributed by atoms with E-state index in [4.69, 9.17) is 15.3 Å². The summed E-state index contributed by atoms with van der Waals surface area (Å²) in [6.45, 7) is 3.60. The van der Waals surface area contributed by atoms with Gasteiger partial charge in [0.15, 0.2) is 16.9 Å². The number of hydrogen-bond donors (Lipinski definition) is 0. The Kier molecular flexibility index (Phi) is 3.85. The van der Waals surface area contributed by atoms with E-state index in [0.29, 0.717) is 5.57 Å². The quantitative estimate of drug-likeness (QED) is 0.728. The molecule has 1 heterocycles. The number of rotatable bonds is 1. The molecule has 1 aliphatic heterocycles. The van der Waals surface area contributed by atoms with E-state index in [9.17, 15) is 5.26 Å². The molecule has 21 heavy (non-hydrogen) atoms. The molecule has 0 saturated carbocycles. The van der Waals surface area contributed by atoms with Gasteiger partial charge in [0.2, 0.25) is 0 Å². The third kappa shape index (κ3) is 2.31. The normalized spacial score (nSPS) is 20.3. The Morgan fingerprint density at radius 1 is 1.24 bits per heavy atom. The van der Waals surface area contributed by atoms with Crippen molar-refractivity contribution >= 4 is 15.9 Å². The zero-order valence-corrected chi connectivity index (χ0v) is 13.0. The zero-order chi connectivity index (χ0) is 15.6. The van der Waals surface area contributed by atoms with Crippen LogP contribution in [-0.4, -0.2) is 0 Å². The number of ether oxygens (including phenoxy) is 1. The van der Waals surface area contributed by atoms with E-state index in [2.05, 4.69) is 15.9 Å². The first kappa shape index (κ1) is 14.9. The van der Waals surface area contributed by atoms with E-state index < -0.39 is 5.60 Å². The van der Waals surface area contributed by atoms with Crippen LogP contribution in [0.2, 0.25) is 0 Å². The highest BCUT2D eigenvalue weighted by atomic mass is 79.9. The van der Waals surface area contributed by atoms with Crippen LogP contribution in [-0.2, 0) is 10.3 Å². The van der Waals surface area contributed by atoms with Crippen LogP contribution in [0.3, 0.4) is 0 Å². The van der Waals surface area contributed by atoms with Gasteiger partial charge in [-0.3, -0.25) is 0 Å². The molecule has 4 nitrogen and oxygen atoms in total. The number of allylic oxidation sites excluding steroid dienone is 2. The van der Waals surface area contributed by atoms with Crippen molar-refractivity contribution in [3.8, 4) is 18.2 Å². The van der Waals surface area contributed by atoms with Crippen LogP contribution < -0.4 is 0 Å². The molecule has 0 bridgehead atoms. The average Bonchev–Trinajstić information content (AvgIpc) is 2.73. The van der Waals surface area contributed by atoms with Crippen molar-refractivity contribution in [3.63, 3.8) is 0 Å². The summed E-state index contributed by atoms with van der Waals surface area (Å²) in [4.78, 5) is 0. The lowest BCUT2D eigenvalue weighted by molar-refractivity contribution is 0.0727. The molecule has 1 aromatic rings. The average molecular weight is 340 g/mol. The van der Waals surface area contributed by atoms with Crippen LogP contribution in [0.15, 0.2) is 51.2 Å². The van der Waals surface area contributed by atoms with Gasteiger partial charge in [0, 0.05) is 10.0 Å². The Morgan fingerprint density at radius 3 is 2.43 bits per heavy atom. The van der Waals surface area contributed by atoms with Crippen molar-refractivity contribution in [2.75, 3.05) is 0 Å². The van der Waals surface area contributed by atoms with Crippen molar-refractivity contribution in [2.24, 2.45) is 0 Å². The first-order chi connectivity index (χ1) is 9.97. The third-order valence-electron chi connectivity index (χ3n) is 3.56. The Hall–Kier alpha value is -2.55. The predicted octanol–water partition coefficient (Wildman–Crippen LogP) is 3.84. The van der Waals surface area contributed by atoms with Gasteiger partial charge in [0.05, 0.1) is 5.57 Å². The topological polar surface area (TPSA) is 80.6 Å². The van der Waals surface area contributed by atoms with Crippen molar-refractivity contribution in [2.45, 2.75) is 19.4 Å². The fourth-order valence-corrected chi connectivity index (χ4v) is 2.64. The lowest BCUT2D eigenvalue weighted by Gasteiger charge is -2.27. The van der Waals surface area contributed by atoms with Gasteiger partial charge < -0.3 is 4.74 Å². The second-order valence-electron chi connectivity index (χ2n) is 4.69. The van der Waals surface area contributed by atoms with Gasteiger partial charge in [-0.25, -0.2) is 0 Å². The summed E-state index contributed by atoms with van der Waals surface area (Å²) in [5, 5.41) is 27.4. The minimum absolute atomic E-state index is 0.0578. The molecule has 102 valence electrons. The van der Waals surface area contributed by atoms with E-state index in [-0.39, 0.29) is 16.9 Å². The first-order valence-electron chi connectivity index (χ1n) is 6.09. The summed E-state index contributed by atoms with van der Waals surface area (Å²) < 4.78 is 6.75. The van der Waals surface area contributed by atoms with Gasteiger partial charge in [-0.15, -0.1) is 0 Å². The van der Waals surface area contributed by atoms with Crippen molar-refractivity contribution < 1.29 is 4.74 Å². The van der Waals surface area contributed by atoms with Crippen molar-refractivity contribution in [3.05, 3.63) is 56.8 Å². The molecule has 0 aromatic heterocycles. The second-order valence-corrected chi connectivity index (χ2v) is 5.60. The van der Waals surface area contributed by atoms with Crippen molar-refractivity contribution in [1.29, 1.82) is 15.8 Å². The molecule has 1 atom stereocenters. The third-order valence-corrected chi connectivity index (χ3v) is 4.06. The fraction of sp³-hybridized carbons (Fsp3) is 0.188. The number of hydrogen-bond acceptors (Lipinski definition) is 4. The molecule has 1 aromatic carbocycles. The van der Waals surface area contributed by atoms with Gasteiger partial charge in [0.1, 0.15) is 18.2 Å². The maximum absolute atomic E-state index is 9.33. The molecule has 2 rings (SSSR count). The summed E-state index contributed by atoms with van der Waals surface area (Å²) in [6, 6.07) is 13.1. The molecule has 0 radical (unpaired) electrons. The predicted molar refractivity (Wildman–Crippen MR) is 79.1 cm³/mol. The molecule has 0 spiro atoms. The van der Waals surface area contributed by atoms with E-state index in [1.54, 1.807) is 19.1 Å². The summed E-state index contributed by atoms with van der Waals surface area (Å²) in [5.41, 5.74) is 0.706. The Morgan fingerprint density at radius 2 is 1.90 bits per heavy atom. The Bertz CT molecular complexity index is 786. The van der Waals surface area contributed by atoms with Crippen molar-refractivity contribution in [1.82, 2.24) is 0 Å². The maximum Gasteiger partial charge on any atom is 0.172 e. The summed E-state index contributed by atoms with van der Waals surface area (Å²) in [5.74, 6) is 0.0578. The molecular weight excluding hydrogens is 330 g/mol. The summed E-state index contributed by atoms with van der Waals surface area (Å²) in [6.07, 6.45) is 0. The number of halogens is 1. The molecule has 0 amide bonds. The minimum atomic E-state index is -0.872. The Balaban J connectivity index is 2.69. The molecule has 0 fully saturated rings. The van der Waals surface area contributed by atoms with Gasteiger partial charge in [-0.1, -0.05) is 28.1 Å². The highest BCUT2D eigenvalue weighted by molar-refractivity contribution is 9.10. The summed E-state index contributed by atoms with van der Waals surface area (Å²) in [7, 11) is 0. The number of nitriles is 3. The molecule has 0 saturated heterocycles. The highest BCUT2D eigenvalue weighted by Crippen LogP contribution is 2.46. The van der Waals surface area contributed by atoms with Crippen LogP contribution in [0.25, 0.3) is 0 Å². The van der Waals surface area contributed by atoms with Crippen LogP contribution in [0.4, 0.5) is 0 Å². The van der Waals surface area contributed by atoms with Crippen LogP contribution in [0, 0.1) is 34.0 Å². The molecule has 5 heteroatoms. The number of benzene rings is 1. The summed E-state index contributed by atoms with van der Waals surface area (Å²) >= 11 is 3.40. The monoisotopic (exact) mass is 339 g/mol. The molecule has 1 aliphatic rings. The van der Waals surface area contributed by atoms with Crippen LogP contribution in [0.5, 0.6) is 0 Å². The Labute approximate surface area is 131 Å². The largest absolute Gasteiger partial charge is 0.475 e. The zero-order valence-electron chi connectivity index (χ0n) is 11.4. The van der Waals surface area contributed by atoms with E-state index in [0.717, 1.165) is 10.0 Å². The van der Waals surface area contributed by atoms with E-state index >= 15 is 0 Å². The lowest BCUT2D eigenvalue weighted by Crippen LogP contribution is -2.22. The van der Waals surface area contributed by atoms with E-state index in [1.165, 1.54) is 0 Å². The smallest absolute Gasteiger partial charge is 0.172 e. The van der Waals surface area contributed by atoms with Crippen LogP contribution in [0.1, 0.15) is 19.4 Å². The molecular formula is C16H10BrN3O. The van der Waals surface area contributed by atoms with Gasteiger partial charge in [-0.05, 0) is 31.6 Å². The van der Waals surface area contributed by atoms with Gasteiger partial charge >= 0.3 is 0 Å². The van der Waals surface area contributed by atoms with E-state index in [1.807, 2.05) is 37.3 Å². The number of nitrogens with zero attached hydrogens (tertiary/aromatic N) is 3. The fourth-order valence-electron chi connectivity index (χ4n) is 2.24. The maximum atomic E-state index is 9.33. The van der Waals surface area contributed by atoms with Gasteiger partial charge in [-0.2, -0.15) is 15.8 Å². The molecule has 0 N–H and O–H groups in total.